The normalized spacial score (nSPS) is 11.3. The predicted molar refractivity (Wildman–Crippen MR) is 152 cm³/mol. The summed E-state index contributed by atoms with van der Waals surface area (Å²) in [6.45, 7) is 0. The SMILES string of the molecule is COC(=O)C(Cc1ccc(F)cc1)NC(=O)c1ccc(-c2ccc(NC(=O)Nc3cccc(Cl)c3Cl)cc2)cn1. The van der Waals surface area contributed by atoms with Crippen LogP contribution in [0.3, 0.4) is 0 Å². The van der Waals surface area contributed by atoms with Crippen molar-refractivity contribution < 1.29 is 23.5 Å². The third-order valence-electron chi connectivity index (χ3n) is 5.82. The number of ether oxygens (including phenoxy) is 1. The Balaban J connectivity index is 1.37. The highest BCUT2D eigenvalue weighted by Crippen LogP contribution is 2.29. The molecule has 0 bridgehead atoms. The van der Waals surface area contributed by atoms with Crippen molar-refractivity contribution in [3.8, 4) is 11.1 Å². The molecule has 0 saturated heterocycles. The average Bonchev–Trinajstić information content (AvgIpc) is 2.96. The highest BCUT2D eigenvalue weighted by molar-refractivity contribution is 6.44. The number of hydrogen-bond acceptors (Lipinski definition) is 5. The van der Waals surface area contributed by atoms with Gasteiger partial charge >= 0.3 is 12.0 Å². The van der Waals surface area contributed by atoms with Gasteiger partial charge in [0.15, 0.2) is 0 Å². The first-order valence-corrected chi connectivity index (χ1v) is 12.7. The smallest absolute Gasteiger partial charge is 0.328 e. The lowest BCUT2D eigenvalue weighted by atomic mass is 10.1. The van der Waals surface area contributed by atoms with Crippen LogP contribution in [0, 0.1) is 5.82 Å². The summed E-state index contributed by atoms with van der Waals surface area (Å²) < 4.78 is 18.0. The highest BCUT2D eigenvalue weighted by Gasteiger charge is 2.23. The number of esters is 1. The number of anilines is 2. The van der Waals surface area contributed by atoms with Gasteiger partial charge in [-0.05, 0) is 53.6 Å². The minimum Gasteiger partial charge on any atom is -0.467 e. The van der Waals surface area contributed by atoms with Crippen molar-refractivity contribution in [3.05, 3.63) is 112 Å². The average molecular weight is 581 g/mol. The number of halogens is 3. The molecule has 0 aliphatic rings. The number of urea groups is 1. The van der Waals surface area contributed by atoms with Crippen LogP contribution < -0.4 is 16.0 Å². The van der Waals surface area contributed by atoms with Gasteiger partial charge in [0.2, 0.25) is 0 Å². The molecule has 3 aromatic carbocycles. The maximum Gasteiger partial charge on any atom is 0.328 e. The zero-order chi connectivity index (χ0) is 28.6. The Bertz CT molecular complexity index is 1520. The topological polar surface area (TPSA) is 109 Å². The Kier molecular flexibility index (Phi) is 9.31. The van der Waals surface area contributed by atoms with Gasteiger partial charge in [0.05, 0.1) is 22.8 Å². The lowest BCUT2D eigenvalue weighted by molar-refractivity contribution is -0.142. The summed E-state index contributed by atoms with van der Waals surface area (Å²) in [4.78, 5) is 41.6. The second-order valence-electron chi connectivity index (χ2n) is 8.57. The molecule has 0 spiro atoms. The Labute approximate surface area is 239 Å². The number of aromatic nitrogens is 1. The fraction of sp³-hybridized carbons (Fsp3) is 0.103. The first-order chi connectivity index (χ1) is 19.2. The van der Waals surface area contributed by atoms with E-state index in [2.05, 4.69) is 20.9 Å². The van der Waals surface area contributed by atoms with Crippen LogP contribution in [-0.2, 0) is 16.0 Å². The molecule has 0 aliphatic carbocycles. The molecule has 204 valence electrons. The maximum absolute atomic E-state index is 13.2. The van der Waals surface area contributed by atoms with E-state index < -0.39 is 29.8 Å². The van der Waals surface area contributed by atoms with E-state index in [-0.39, 0.29) is 17.1 Å². The monoisotopic (exact) mass is 580 g/mol. The second kappa shape index (κ2) is 13.1. The van der Waals surface area contributed by atoms with Crippen LogP contribution in [-0.4, -0.2) is 36.0 Å². The molecular weight excluding hydrogens is 558 g/mol. The first-order valence-electron chi connectivity index (χ1n) is 11.9. The van der Waals surface area contributed by atoms with E-state index in [1.54, 1.807) is 48.5 Å². The first kappa shape index (κ1) is 28.5. The Morgan fingerprint density at radius 1 is 0.900 bits per heavy atom. The molecule has 3 N–H and O–H groups in total. The standard InChI is InChI=1S/C29H23Cl2FN4O4/c1-40-28(38)25(15-17-5-10-20(32)11-6-17)35-27(37)24-14-9-19(16-33-24)18-7-12-21(13-8-18)34-29(39)36-23-4-2-3-22(30)26(23)31/h2-14,16,25H,15H2,1H3,(H,35,37)(H2,34,36,39). The van der Waals surface area contributed by atoms with Gasteiger partial charge in [0.25, 0.3) is 5.91 Å². The largest absolute Gasteiger partial charge is 0.467 e. The van der Waals surface area contributed by atoms with Crippen molar-refractivity contribution in [1.82, 2.24) is 10.3 Å². The summed E-state index contributed by atoms with van der Waals surface area (Å²) in [6.07, 6.45) is 1.65. The quantitative estimate of drug-likeness (QED) is 0.210. The number of amides is 3. The number of carbonyl (C=O) groups excluding carboxylic acids is 3. The third-order valence-corrected chi connectivity index (χ3v) is 6.64. The molecule has 4 rings (SSSR count). The number of nitrogens with zero attached hydrogens (tertiary/aromatic N) is 1. The molecule has 1 heterocycles. The molecule has 3 amide bonds. The molecule has 4 aromatic rings. The van der Waals surface area contributed by atoms with Crippen LogP contribution in [0.5, 0.6) is 0 Å². The van der Waals surface area contributed by atoms with Gasteiger partial charge in [0.1, 0.15) is 17.6 Å². The van der Waals surface area contributed by atoms with Crippen LogP contribution in [0.15, 0.2) is 85.1 Å². The third kappa shape index (κ3) is 7.34. The van der Waals surface area contributed by atoms with Gasteiger partial charge < -0.3 is 20.7 Å². The summed E-state index contributed by atoms with van der Waals surface area (Å²) in [5.74, 6) is -1.59. The number of methoxy groups -OCH3 is 1. The minimum atomic E-state index is -0.975. The highest BCUT2D eigenvalue weighted by atomic mass is 35.5. The fourth-order valence-electron chi connectivity index (χ4n) is 3.75. The van der Waals surface area contributed by atoms with Crippen LogP contribution in [0.2, 0.25) is 10.0 Å². The van der Waals surface area contributed by atoms with Gasteiger partial charge in [-0.15, -0.1) is 0 Å². The van der Waals surface area contributed by atoms with Crippen LogP contribution in [0.25, 0.3) is 11.1 Å². The Morgan fingerprint density at radius 3 is 2.25 bits per heavy atom. The van der Waals surface area contributed by atoms with E-state index in [0.717, 1.165) is 11.1 Å². The van der Waals surface area contributed by atoms with Crippen molar-refractivity contribution in [2.24, 2.45) is 0 Å². The summed E-state index contributed by atoms with van der Waals surface area (Å²) in [5.41, 5.74) is 3.21. The molecule has 11 heteroatoms. The zero-order valence-corrected chi connectivity index (χ0v) is 22.6. The number of pyridine rings is 1. The van der Waals surface area contributed by atoms with Crippen LogP contribution >= 0.6 is 23.2 Å². The maximum atomic E-state index is 13.2. The lowest BCUT2D eigenvalue weighted by Crippen LogP contribution is -2.43. The predicted octanol–water partition coefficient (Wildman–Crippen LogP) is 6.35. The molecule has 0 aliphatic heterocycles. The summed E-state index contributed by atoms with van der Waals surface area (Å²) in [6, 6.07) is 19.3. The van der Waals surface area contributed by atoms with E-state index >= 15 is 0 Å². The molecule has 0 radical (unpaired) electrons. The number of carbonyl (C=O) groups is 3. The molecule has 1 unspecified atom stereocenters. The van der Waals surface area contributed by atoms with E-state index in [1.807, 2.05) is 0 Å². The minimum absolute atomic E-state index is 0.103. The molecule has 8 nitrogen and oxygen atoms in total. The molecule has 1 atom stereocenters. The molecule has 40 heavy (non-hydrogen) atoms. The Hall–Kier alpha value is -4.47. The van der Waals surface area contributed by atoms with E-state index in [9.17, 15) is 18.8 Å². The lowest BCUT2D eigenvalue weighted by Gasteiger charge is -2.16. The van der Waals surface area contributed by atoms with Crippen molar-refractivity contribution in [2.45, 2.75) is 12.5 Å². The molecule has 1 aromatic heterocycles. The summed E-state index contributed by atoms with van der Waals surface area (Å²) in [5, 5.41) is 8.56. The number of benzene rings is 3. The summed E-state index contributed by atoms with van der Waals surface area (Å²) in [7, 11) is 1.22. The van der Waals surface area contributed by atoms with Gasteiger partial charge in [-0.25, -0.2) is 14.0 Å². The van der Waals surface area contributed by atoms with Gasteiger partial charge in [0, 0.05) is 23.9 Å². The molecule has 0 fully saturated rings. The van der Waals surface area contributed by atoms with Crippen LogP contribution in [0.1, 0.15) is 16.1 Å². The van der Waals surface area contributed by atoms with E-state index in [0.29, 0.717) is 22.0 Å². The van der Waals surface area contributed by atoms with Crippen molar-refractivity contribution in [2.75, 3.05) is 17.7 Å². The number of nitrogens with one attached hydrogen (secondary N) is 3. The van der Waals surface area contributed by atoms with Gasteiger partial charge in [-0.3, -0.25) is 9.78 Å². The van der Waals surface area contributed by atoms with Gasteiger partial charge in [-0.1, -0.05) is 59.6 Å². The zero-order valence-electron chi connectivity index (χ0n) is 21.1. The molecule has 0 saturated carbocycles. The van der Waals surface area contributed by atoms with E-state index in [4.69, 9.17) is 27.9 Å². The van der Waals surface area contributed by atoms with Crippen molar-refractivity contribution in [1.29, 1.82) is 0 Å². The number of rotatable bonds is 8. The number of hydrogen-bond donors (Lipinski definition) is 3. The molecular formula is C29H23Cl2FN4O4. The second-order valence-corrected chi connectivity index (χ2v) is 9.35. The van der Waals surface area contributed by atoms with Crippen molar-refractivity contribution >= 4 is 52.5 Å². The van der Waals surface area contributed by atoms with Gasteiger partial charge in [-0.2, -0.15) is 0 Å². The van der Waals surface area contributed by atoms with Crippen LogP contribution in [0.4, 0.5) is 20.6 Å². The van der Waals surface area contributed by atoms with E-state index in [1.165, 1.54) is 43.6 Å². The summed E-state index contributed by atoms with van der Waals surface area (Å²) >= 11 is 12.1. The fourth-order valence-corrected chi connectivity index (χ4v) is 4.10. The Morgan fingerprint density at radius 2 is 1.60 bits per heavy atom. The van der Waals surface area contributed by atoms with Crippen molar-refractivity contribution in [3.63, 3.8) is 0 Å².